The molecule has 2 heterocycles. The van der Waals surface area contributed by atoms with Crippen molar-refractivity contribution in [1.82, 2.24) is 25.4 Å². The number of imide groups is 1. The fourth-order valence-corrected chi connectivity index (χ4v) is 3.80. The smallest absolute Gasteiger partial charge is 0.321 e. The molecule has 2 aromatic heterocycles. The van der Waals surface area contributed by atoms with Gasteiger partial charge in [-0.2, -0.15) is 0 Å². The molecule has 2 N–H and O–H groups in total. The number of amides is 3. The number of carbonyl (C=O) groups is 3. The Balaban J connectivity index is 1.31. The lowest BCUT2D eigenvalue weighted by atomic mass is 10.2. The van der Waals surface area contributed by atoms with Gasteiger partial charge in [-0.1, -0.05) is 60.3 Å². The number of aromatic nitrogens is 3. The molecule has 0 atom stereocenters. The number of hydrogen-bond acceptors (Lipinski definition) is 8. The van der Waals surface area contributed by atoms with Crippen molar-refractivity contribution >= 4 is 29.7 Å². The lowest BCUT2D eigenvalue weighted by Crippen LogP contribution is -2.41. The number of hydrogen-bond donors (Lipinski definition) is 2. The molecule has 11 heteroatoms. The lowest BCUT2D eigenvalue weighted by Gasteiger charge is -2.10. The Morgan fingerprint density at radius 1 is 0.943 bits per heavy atom. The number of thioether (sulfide) groups is 1. The third kappa shape index (κ3) is 6.58. The highest BCUT2D eigenvalue weighted by Gasteiger charge is 2.18. The zero-order valence-electron chi connectivity index (χ0n) is 18.4. The predicted molar refractivity (Wildman–Crippen MR) is 128 cm³/mol. The average Bonchev–Trinajstić information content (AvgIpc) is 3.56. The fraction of sp³-hybridized carbons (Fsp3) is 0.125. The van der Waals surface area contributed by atoms with Crippen molar-refractivity contribution in [2.24, 2.45) is 0 Å². The molecule has 0 unspecified atom stereocenters. The summed E-state index contributed by atoms with van der Waals surface area (Å²) in [5, 5.41) is 13.6. The lowest BCUT2D eigenvalue weighted by molar-refractivity contribution is -0.145. The van der Waals surface area contributed by atoms with Gasteiger partial charge in [-0.3, -0.25) is 19.5 Å². The summed E-state index contributed by atoms with van der Waals surface area (Å²) in [7, 11) is 0. The van der Waals surface area contributed by atoms with Crippen LogP contribution in [0.5, 0.6) is 0 Å². The van der Waals surface area contributed by atoms with Gasteiger partial charge in [0.1, 0.15) is 5.76 Å². The van der Waals surface area contributed by atoms with E-state index in [0.717, 1.165) is 23.0 Å². The molecule has 3 amide bonds. The molecule has 0 saturated heterocycles. The monoisotopic (exact) mass is 491 g/mol. The Kier molecular flexibility index (Phi) is 7.92. The van der Waals surface area contributed by atoms with E-state index in [4.69, 9.17) is 9.15 Å². The van der Waals surface area contributed by atoms with E-state index in [1.54, 1.807) is 12.1 Å². The molecular formula is C24H21N5O5S. The van der Waals surface area contributed by atoms with Crippen molar-refractivity contribution in [3.05, 3.63) is 84.8 Å². The second-order valence-electron chi connectivity index (χ2n) is 7.10. The van der Waals surface area contributed by atoms with Gasteiger partial charge in [-0.05, 0) is 24.3 Å². The van der Waals surface area contributed by atoms with E-state index in [0.29, 0.717) is 16.7 Å². The Labute approximate surface area is 204 Å². The number of esters is 1. The van der Waals surface area contributed by atoms with E-state index >= 15 is 0 Å². The Morgan fingerprint density at radius 2 is 1.69 bits per heavy atom. The van der Waals surface area contributed by atoms with Crippen LogP contribution < -0.4 is 10.6 Å². The van der Waals surface area contributed by atoms with Gasteiger partial charge < -0.3 is 14.5 Å². The molecule has 4 rings (SSSR count). The summed E-state index contributed by atoms with van der Waals surface area (Å²) in [6.07, 6.45) is 1.47. The maximum absolute atomic E-state index is 12.2. The highest BCUT2D eigenvalue weighted by molar-refractivity contribution is 7.99. The van der Waals surface area contributed by atoms with Gasteiger partial charge in [0.25, 0.3) is 5.91 Å². The van der Waals surface area contributed by atoms with E-state index in [9.17, 15) is 14.4 Å². The predicted octanol–water partition coefficient (Wildman–Crippen LogP) is 3.19. The van der Waals surface area contributed by atoms with Gasteiger partial charge in [-0.25, -0.2) is 4.79 Å². The number of nitrogens with one attached hydrogen (secondary N) is 2. The molecule has 0 spiro atoms. The van der Waals surface area contributed by atoms with Crippen molar-refractivity contribution in [3.63, 3.8) is 0 Å². The van der Waals surface area contributed by atoms with Gasteiger partial charge in [0.05, 0.1) is 18.6 Å². The molecule has 178 valence electrons. The zero-order valence-corrected chi connectivity index (χ0v) is 19.2. The fourth-order valence-electron chi connectivity index (χ4n) is 3.05. The Morgan fingerprint density at radius 3 is 2.40 bits per heavy atom. The van der Waals surface area contributed by atoms with Crippen molar-refractivity contribution < 1.29 is 23.5 Å². The number of nitrogens with zero attached hydrogens (tertiary/aromatic N) is 3. The van der Waals surface area contributed by atoms with Crippen molar-refractivity contribution in [2.45, 2.75) is 11.7 Å². The van der Waals surface area contributed by atoms with Gasteiger partial charge in [0.2, 0.25) is 0 Å². The summed E-state index contributed by atoms with van der Waals surface area (Å²) in [6, 6.07) is 21.8. The molecule has 0 fully saturated rings. The number of benzene rings is 2. The Bertz CT molecular complexity index is 1280. The molecule has 0 radical (unpaired) electrons. The van der Waals surface area contributed by atoms with Crippen LogP contribution in [0.25, 0.3) is 17.1 Å². The van der Waals surface area contributed by atoms with E-state index in [-0.39, 0.29) is 12.3 Å². The van der Waals surface area contributed by atoms with Crippen LogP contribution in [-0.2, 0) is 20.9 Å². The summed E-state index contributed by atoms with van der Waals surface area (Å²) in [5.41, 5.74) is 1.72. The van der Waals surface area contributed by atoms with Crippen LogP contribution in [0.1, 0.15) is 5.76 Å². The number of urea groups is 1. The first-order valence-electron chi connectivity index (χ1n) is 10.5. The topological polar surface area (TPSA) is 128 Å². The second kappa shape index (κ2) is 11.7. The van der Waals surface area contributed by atoms with Crippen LogP contribution in [-0.4, -0.2) is 45.0 Å². The minimum absolute atomic E-state index is 0.0995. The van der Waals surface area contributed by atoms with Crippen LogP contribution >= 0.6 is 11.8 Å². The normalized spacial score (nSPS) is 10.5. The van der Waals surface area contributed by atoms with E-state index in [1.807, 2.05) is 65.2 Å². The standard InChI is InChI=1S/C24H21N5O5S/c30-20(26-23(32)25-14-19-12-7-13-33-19)15-34-21(31)16-35-24-28-27-22(17-8-3-1-4-9-17)29(24)18-10-5-2-6-11-18/h1-13H,14-16H2,(H2,25,26,30,32). The highest BCUT2D eigenvalue weighted by Crippen LogP contribution is 2.27. The quantitative estimate of drug-likeness (QED) is 0.270. The molecule has 4 aromatic rings. The second-order valence-corrected chi connectivity index (χ2v) is 8.05. The van der Waals surface area contributed by atoms with Crippen LogP contribution in [0, 0.1) is 0 Å². The molecule has 0 aliphatic carbocycles. The summed E-state index contributed by atoms with van der Waals surface area (Å²) in [4.78, 5) is 35.9. The van der Waals surface area contributed by atoms with Crippen molar-refractivity contribution in [3.8, 4) is 17.1 Å². The summed E-state index contributed by atoms with van der Waals surface area (Å²) >= 11 is 1.13. The molecule has 0 bridgehead atoms. The molecule has 35 heavy (non-hydrogen) atoms. The largest absolute Gasteiger partial charge is 0.467 e. The van der Waals surface area contributed by atoms with Crippen LogP contribution in [0.4, 0.5) is 4.79 Å². The maximum atomic E-state index is 12.2. The van der Waals surface area contributed by atoms with E-state index < -0.39 is 24.5 Å². The number of ether oxygens (including phenoxy) is 1. The van der Waals surface area contributed by atoms with E-state index in [1.165, 1.54) is 6.26 Å². The first-order chi connectivity index (χ1) is 17.1. The van der Waals surface area contributed by atoms with Gasteiger partial charge in [0.15, 0.2) is 17.6 Å². The highest BCUT2D eigenvalue weighted by atomic mass is 32.2. The first kappa shape index (κ1) is 23.8. The minimum atomic E-state index is -0.751. The zero-order chi connectivity index (χ0) is 24.5. The molecule has 0 saturated carbocycles. The number of furan rings is 1. The molecular weight excluding hydrogens is 470 g/mol. The van der Waals surface area contributed by atoms with Crippen LogP contribution in [0.3, 0.4) is 0 Å². The third-order valence-electron chi connectivity index (χ3n) is 4.62. The molecule has 0 aliphatic heterocycles. The van der Waals surface area contributed by atoms with Gasteiger partial charge >= 0.3 is 12.0 Å². The van der Waals surface area contributed by atoms with Crippen molar-refractivity contribution in [1.29, 1.82) is 0 Å². The molecule has 2 aromatic carbocycles. The molecule has 10 nitrogen and oxygen atoms in total. The summed E-state index contributed by atoms with van der Waals surface area (Å²) in [6.45, 7) is -0.468. The first-order valence-corrected chi connectivity index (χ1v) is 11.5. The van der Waals surface area contributed by atoms with Gasteiger partial charge in [0, 0.05) is 11.3 Å². The SMILES string of the molecule is O=C(COC(=O)CSc1nnc(-c2ccccc2)n1-c1ccccc1)NC(=O)NCc1ccco1. The van der Waals surface area contributed by atoms with Crippen LogP contribution in [0.15, 0.2) is 88.6 Å². The summed E-state index contributed by atoms with van der Waals surface area (Å²) < 4.78 is 11.9. The molecule has 0 aliphatic rings. The Hall–Kier alpha value is -4.38. The number of rotatable bonds is 9. The number of para-hydroxylation sites is 1. The summed E-state index contributed by atoms with van der Waals surface area (Å²) in [5.74, 6) is -0.316. The van der Waals surface area contributed by atoms with Crippen LogP contribution in [0.2, 0.25) is 0 Å². The maximum Gasteiger partial charge on any atom is 0.321 e. The minimum Gasteiger partial charge on any atom is -0.467 e. The average molecular weight is 492 g/mol. The third-order valence-corrected chi connectivity index (χ3v) is 5.52. The van der Waals surface area contributed by atoms with Crippen molar-refractivity contribution in [2.75, 3.05) is 12.4 Å². The number of carbonyl (C=O) groups excluding carboxylic acids is 3. The van der Waals surface area contributed by atoms with Gasteiger partial charge in [-0.15, -0.1) is 10.2 Å². The van der Waals surface area contributed by atoms with E-state index in [2.05, 4.69) is 20.8 Å².